The van der Waals surface area contributed by atoms with Gasteiger partial charge in [-0.1, -0.05) is 41.9 Å². The van der Waals surface area contributed by atoms with Crippen LogP contribution in [0.3, 0.4) is 0 Å². The molecule has 1 nitrogen and oxygen atoms in total. The Hall–Kier alpha value is -1.07. The minimum Gasteiger partial charge on any atom is -0.198 e. The molecule has 1 aromatic carbocycles. The van der Waals surface area contributed by atoms with E-state index in [0.717, 1.165) is 12.8 Å². The number of unbranched alkanes of at least 4 members (excludes halogenated alkanes) is 1. The van der Waals surface area contributed by atoms with Gasteiger partial charge in [0.2, 0.25) is 0 Å². The number of hydrogen-bond donors (Lipinski definition) is 0. The summed E-state index contributed by atoms with van der Waals surface area (Å²) in [4.78, 5) is 0. The normalized spacial score (nSPS) is 10.4. The first-order chi connectivity index (χ1) is 6.43. The van der Waals surface area contributed by atoms with Crippen LogP contribution in [0.2, 0.25) is 6.04 Å². The minimum atomic E-state index is 0.0416. The highest BCUT2D eigenvalue weighted by molar-refractivity contribution is 6.34. The van der Waals surface area contributed by atoms with Gasteiger partial charge in [-0.25, -0.2) is 0 Å². The molecule has 1 rings (SSSR count). The molecule has 13 heavy (non-hydrogen) atoms. The van der Waals surface area contributed by atoms with Crippen LogP contribution in [0.1, 0.15) is 18.4 Å². The molecule has 2 heteroatoms. The third kappa shape index (κ3) is 4.49. The van der Waals surface area contributed by atoms with Gasteiger partial charge in [-0.15, -0.1) is 0 Å². The fraction of sp³-hybridized carbons (Fsp3) is 0.364. The van der Waals surface area contributed by atoms with E-state index >= 15 is 0 Å². The monoisotopic (exact) mass is 189 g/mol. The third-order valence-corrected chi connectivity index (χ3v) is 4.03. The summed E-state index contributed by atoms with van der Waals surface area (Å²) in [5.74, 6) is 0. The summed E-state index contributed by atoms with van der Waals surface area (Å²) >= 11 is 0. The average molecular weight is 189 g/mol. The minimum absolute atomic E-state index is 0.0416. The maximum atomic E-state index is 8.35. The van der Waals surface area contributed by atoms with E-state index in [1.165, 1.54) is 17.7 Å². The van der Waals surface area contributed by atoms with E-state index in [4.69, 9.17) is 5.26 Å². The standard InChI is InChI=1S/C11H15NSi/c12-8-4-5-9-13-10-11-6-2-1-3-7-11/h1-3,6-7H,4-5,9-10,13H2. The summed E-state index contributed by atoms with van der Waals surface area (Å²) in [6.45, 7) is 0. The Kier molecular flexibility index (Phi) is 4.96. The van der Waals surface area contributed by atoms with Crippen molar-refractivity contribution in [2.75, 3.05) is 0 Å². The zero-order valence-electron chi connectivity index (χ0n) is 7.87. The molecule has 0 spiro atoms. The van der Waals surface area contributed by atoms with Crippen molar-refractivity contribution < 1.29 is 0 Å². The highest BCUT2D eigenvalue weighted by atomic mass is 28.2. The SMILES string of the molecule is N#CCCC[SiH2]Cc1ccccc1. The van der Waals surface area contributed by atoms with Crippen LogP contribution in [0.4, 0.5) is 0 Å². The number of nitrogens with zero attached hydrogens (tertiary/aromatic N) is 1. The Labute approximate surface area is 82.2 Å². The lowest BCUT2D eigenvalue weighted by atomic mass is 10.2. The molecular formula is C11H15NSi. The molecule has 0 bridgehead atoms. The molecule has 0 radical (unpaired) electrons. The summed E-state index contributed by atoms with van der Waals surface area (Å²) in [7, 11) is 0.0416. The molecule has 0 aliphatic rings. The van der Waals surface area contributed by atoms with Crippen molar-refractivity contribution >= 4 is 9.52 Å². The second kappa shape index (κ2) is 6.44. The van der Waals surface area contributed by atoms with Crippen molar-refractivity contribution in [3.8, 4) is 6.07 Å². The number of nitriles is 1. The molecular weight excluding hydrogens is 174 g/mol. The lowest BCUT2D eigenvalue weighted by Crippen LogP contribution is -1.95. The van der Waals surface area contributed by atoms with Crippen LogP contribution in [0.15, 0.2) is 30.3 Å². The average Bonchev–Trinajstić information content (AvgIpc) is 2.19. The molecule has 0 heterocycles. The summed E-state index contributed by atoms with van der Waals surface area (Å²) in [6.07, 6.45) is 1.84. The second-order valence-electron chi connectivity index (χ2n) is 3.20. The predicted octanol–water partition coefficient (Wildman–Crippen LogP) is 2.08. The van der Waals surface area contributed by atoms with E-state index in [1.807, 2.05) is 0 Å². The van der Waals surface area contributed by atoms with Gasteiger partial charge in [-0.3, -0.25) is 0 Å². The van der Waals surface area contributed by atoms with Crippen LogP contribution in [-0.2, 0) is 6.04 Å². The summed E-state index contributed by atoms with van der Waals surface area (Å²) in [5, 5.41) is 8.35. The fourth-order valence-corrected chi connectivity index (χ4v) is 2.95. The molecule has 0 saturated heterocycles. The van der Waals surface area contributed by atoms with Crippen LogP contribution in [-0.4, -0.2) is 9.52 Å². The van der Waals surface area contributed by atoms with Crippen LogP contribution in [0.5, 0.6) is 0 Å². The molecule has 68 valence electrons. The van der Waals surface area contributed by atoms with E-state index < -0.39 is 0 Å². The quantitative estimate of drug-likeness (QED) is 0.514. The maximum Gasteiger partial charge on any atom is 0.0621 e. The smallest absolute Gasteiger partial charge is 0.0621 e. The van der Waals surface area contributed by atoms with Crippen molar-refractivity contribution in [3.63, 3.8) is 0 Å². The molecule has 0 saturated carbocycles. The second-order valence-corrected chi connectivity index (χ2v) is 5.12. The molecule has 0 aliphatic heterocycles. The Morgan fingerprint density at radius 1 is 1.23 bits per heavy atom. The molecule has 0 fully saturated rings. The van der Waals surface area contributed by atoms with Gasteiger partial charge < -0.3 is 0 Å². The highest BCUT2D eigenvalue weighted by Gasteiger charge is 1.92. The van der Waals surface area contributed by atoms with Crippen molar-refractivity contribution in [1.29, 1.82) is 5.26 Å². The fourth-order valence-electron chi connectivity index (χ4n) is 1.35. The largest absolute Gasteiger partial charge is 0.198 e. The van der Waals surface area contributed by atoms with Gasteiger partial charge in [-0.05, 0) is 12.5 Å². The number of rotatable bonds is 5. The summed E-state index contributed by atoms with van der Waals surface area (Å²) in [6, 6.07) is 15.4. The van der Waals surface area contributed by atoms with Gasteiger partial charge in [0.1, 0.15) is 0 Å². The van der Waals surface area contributed by atoms with Crippen LogP contribution in [0.25, 0.3) is 0 Å². The van der Waals surface area contributed by atoms with Crippen LogP contribution >= 0.6 is 0 Å². The topological polar surface area (TPSA) is 23.8 Å². The van der Waals surface area contributed by atoms with Gasteiger partial charge in [0.25, 0.3) is 0 Å². The highest BCUT2D eigenvalue weighted by Crippen LogP contribution is 2.01. The molecule has 1 aromatic rings. The van der Waals surface area contributed by atoms with E-state index in [2.05, 4.69) is 36.4 Å². The van der Waals surface area contributed by atoms with Gasteiger partial charge in [0.05, 0.1) is 6.07 Å². The van der Waals surface area contributed by atoms with Gasteiger partial charge in [0, 0.05) is 15.9 Å². The molecule has 0 unspecified atom stereocenters. The van der Waals surface area contributed by atoms with Gasteiger partial charge >= 0.3 is 0 Å². The molecule has 0 N–H and O–H groups in total. The zero-order chi connectivity index (χ0) is 9.36. The Morgan fingerprint density at radius 2 is 2.00 bits per heavy atom. The lowest BCUT2D eigenvalue weighted by molar-refractivity contribution is 0.955. The number of benzene rings is 1. The van der Waals surface area contributed by atoms with Crippen molar-refractivity contribution in [2.45, 2.75) is 24.9 Å². The third-order valence-electron chi connectivity index (χ3n) is 2.10. The van der Waals surface area contributed by atoms with Crippen molar-refractivity contribution in [1.82, 2.24) is 0 Å². The molecule has 0 atom stereocenters. The first-order valence-electron chi connectivity index (χ1n) is 4.84. The van der Waals surface area contributed by atoms with Crippen molar-refractivity contribution in [3.05, 3.63) is 35.9 Å². The van der Waals surface area contributed by atoms with E-state index in [-0.39, 0.29) is 9.52 Å². The Morgan fingerprint density at radius 3 is 2.69 bits per heavy atom. The van der Waals surface area contributed by atoms with E-state index in [1.54, 1.807) is 0 Å². The lowest BCUT2D eigenvalue weighted by Gasteiger charge is -1.98. The van der Waals surface area contributed by atoms with Crippen LogP contribution in [0, 0.1) is 11.3 Å². The molecule has 0 aliphatic carbocycles. The zero-order valence-corrected chi connectivity index (χ0v) is 9.28. The van der Waals surface area contributed by atoms with Crippen molar-refractivity contribution in [2.24, 2.45) is 0 Å². The van der Waals surface area contributed by atoms with Gasteiger partial charge in [-0.2, -0.15) is 5.26 Å². The molecule has 0 aromatic heterocycles. The van der Waals surface area contributed by atoms with Crippen LogP contribution < -0.4 is 0 Å². The summed E-state index contributed by atoms with van der Waals surface area (Å²) < 4.78 is 0. The maximum absolute atomic E-state index is 8.35. The van der Waals surface area contributed by atoms with Gasteiger partial charge in [0.15, 0.2) is 0 Å². The molecule has 0 amide bonds. The predicted molar refractivity (Wildman–Crippen MR) is 58.3 cm³/mol. The Balaban J connectivity index is 2.11. The summed E-state index contributed by atoms with van der Waals surface area (Å²) in [5.41, 5.74) is 1.46. The first kappa shape index (κ1) is 10.0. The first-order valence-corrected chi connectivity index (χ1v) is 6.84. The Bertz CT molecular complexity index is 263. The van der Waals surface area contributed by atoms with E-state index in [9.17, 15) is 0 Å². The number of hydrogen-bond acceptors (Lipinski definition) is 1. The van der Waals surface area contributed by atoms with E-state index in [0.29, 0.717) is 0 Å².